The van der Waals surface area contributed by atoms with Crippen LogP contribution < -0.4 is 5.32 Å². The lowest BCUT2D eigenvalue weighted by atomic mass is 9.98. The molecule has 1 saturated carbocycles. The van der Waals surface area contributed by atoms with Gasteiger partial charge < -0.3 is 10.4 Å². The maximum atomic E-state index is 8.73. The molecule has 0 bridgehead atoms. The second kappa shape index (κ2) is 6.41. The molecule has 84 valence electrons. The molecule has 2 nitrogen and oxygen atoms in total. The molecule has 1 aliphatic rings. The van der Waals surface area contributed by atoms with E-state index in [0.717, 1.165) is 18.8 Å². The minimum Gasteiger partial charge on any atom is -0.396 e. The van der Waals surface area contributed by atoms with Crippen LogP contribution in [0.25, 0.3) is 0 Å². The maximum absolute atomic E-state index is 8.73. The van der Waals surface area contributed by atoms with Gasteiger partial charge in [0.15, 0.2) is 0 Å². The third kappa shape index (κ3) is 3.97. The molecule has 0 aromatic heterocycles. The van der Waals surface area contributed by atoms with Gasteiger partial charge in [-0.2, -0.15) is 0 Å². The van der Waals surface area contributed by atoms with Crippen LogP contribution in [-0.4, -0.2) is 23.8 Å². The highest BCUT2D eigenvalue weighted by Crippen LogP contribution is 2.27. The fourth-order valence-electron chi connectivity index (χ4n) is 2.52. The summed E-state index contributed by atoms with van der Waals surface area (Å²) in [4.78, 5) is 0. The second-order valence-electron chi connectivity index (χ2n) is 4.77. The van der Waals surface area contributed by atoms with E-state index >= 15 is 0 Å². The van der Waals surface area contributed by atoms with Crippen molar-refractivity contribution in [1.29, 1.82) is 0 Å². The molecule has 1 rings (SSSR count). The van der Waals surface area contributed by atoms with Crippen LogP contribution in [-0.2, 0) is 0 Å². The largest absolute Gasteiger partial charge is 0.396 e. The van der Waals surface area contributed by atoms with Gasteiger partial charge >= 0.3 is 0 Å². The van der Waals surface area contributed by atoms with Crippen molar-refractivity contribution in [3.05, 3.63) is 0 Å². The molecule has 2 unspecified atom stereocenters. The number of aliphatic hydroxyl groups excluding tert-OH is 1. The molecule has 0 saturated heterocycles. The Morgan fingerprint density at radius 1 is 1.29 bits per heavy atom. The average Bonchev–Trinajstić information content (AvgIpc) is 2.67. The Hall–Kier alpha value is -0.0800. The molecule has 0 radical (unpaired) electrons. The van der Waals surface area contributed by atoms with Crippen LogP contribution in [0.4, 0.5) is 0 Å². The SMILES string of the molecule is CC(CCCO)NC(C)C1CCCC1. The second-order valence-corrected chi connectivity index (χ2v) is 4.77. The summed E-state index contributed by atoms with van der Waals surface area (Å²) in [5.41, 5.74) is 0. The summed E-state index contributed by atoms with van der Waals surface area (Å²) in [7, 11) is 0. The molecule has 0 heterocycles. The number of aliphatic hydroxyl groups is 1. The molecule has 1 aliphatic carbocycles. The monoisotopic (exact) mass is 199 g/mol. The summed E-state index contributed by atoms with van der Waals surface area (Å²) in [5.74, 6) is 0.895. The van der Waals surface area contributed by atoms with E-state index in [9.17, 15) is 0 Å². The van der Waals surface area contributed by atoms with E-state index in [2.05, 4.69) is 19.2 Å². The standard InChI is InChI=1S/C12H25NO/c1-10(6-5-9-14)13-11(2)12-7-3-4-8-12/h10-14H,3-9H2,1-2H3. The van der Waals surface area contributed by atoms with Crippen LogP contribution in [0.3, 0.4) is 0 Å². The van der Waals surface area contributed by atoms with Crippen molar-refractivity contribution in [2.45, 2.75) is 64.5 Å². The third-order valence-electron chi connectivity index (χ3n) is 3.45. The molecule has 14 heavy (non-hydrogen) atoms. The quantitative estimate of drug-likeness (QED) is 0.688. The predicted molar refractivity (Wildman–Crippen MR) is 60.3 cm³/mol. The Balaban J connectivity index is 2.14. The van der Waals surface area contributed by atoms with Gasteiger partial charge in [0.2, 0.25) is 0 Å². The van der Waals surface area contributed by atoms with Gasteiger partial charge in [-0.25, -0.2) is 0 Å². The van der Waals surface area contributed by atoms with Gasteiger partial charge in [0, 0.05) is 18.7 Å². The van der Waals surface area contributed by atoms with Crippen LogP contribution in [0.15, 0.2) is 0 Å². The molecule has 0 aliphatic heterocycles. The van der Waals surface area contributed by atoms with Crippen molar-refractivity contribution >= 4 is 0 Å². The molecule has 2 atom stereocenters. The smallest absolute Gasteiger partial charge is 0.0431 e. The topological polar surface area (TPSA) is 32.3 Å². The van der Waals surface area contributed by atoms with Gasteiger partial charge in [-0.15, -0.1) is 0 Å². The Bertz CT molecular complexity index is 143. The van der Waals surface area contributed by atoms with Crippen molar-refractivity contribution in [2.75, 3.05) is 6.61 Å². The number of hydrogen-bond donors (Lipinski definition) is 2. The Morgan fingerprint density at radius 3 is 2.50 bits per heavy atom. The van der Waals surface area contributed by atoms with Crippen molar-refractivity contribution < 1.29 is 5.11 Å². The average molecular weight is 199 g/mol. The Kier molecular flexibility index (Phi) is 5.49. The molecular weight excluding hydrogens is 174 g/mol. The van der Waals surface area contributed by atoms with E-state index in [1.807, 2.05) is 0 Å². The van der Waals surface area contributed by atoms with E-state index in [4.69, 9.17) is 5.11 Å². The van der Waals surface area contributed by atoms with Crippen LogP contribution >= 0.6 is 0 Å². The number of rotatable bonds is 6. The molecule has 1 fully saturated rings. The van der Waals surface area contributed by atoms with Crippen LogP contribution in [0.2, 0.25) is 0 Å². The van der Waals surface area contributed by atoms with Crippen molar-refractivity contribution in [3.63, 3.8) is 0 Å². The van der Waals surface area contributed by atoms with Crippen LogP contribution in [0.5, 0.6) is 0 Å². The molecule has 0 aromatic rings. The molecule has 2 N–H and O–H groups in total. The van der Waals surface area contributed by atoms with Crippen molar-refractivity contribution in [3.8, 4) is 0 Å². The van der Waals surface area contributed by atoms with Gasteiger partial charge in [-0.3, -0.25) is 0 Å². The third-order valence-corrected chi connectivity index (χ3v) is 3.45. The lowest BCUT2D eigenvalue weighted by molar-refractivity contribution is 0.268. The minimum absolute atomic E-state index is 0.323. The van der Waals surface area contributed by atoms with E-state index in [-0.39, 0.29) is 0 Å². The number of hydrogen-bond acceptors (Lipinski definition) is 2. The van der Waals surface area contributed by atoms with Crippen molar-refractivity contribution in [1.82, 2.24) is 5.32 Å². The van der Waals surface area contributed by atoms with E-state index in [1.54, 1.807) is 0 Å². The van der Waals surface area contributed by atoms with Gasteiger partial charge in [-0.05, 0) is 45.4 Å². The first-order valence-electron chi connectivity index (χ1n) is 6.11. The van der Waals surface area contributed by atoms with Crippen LogP contribution in [0, 0.1) is 5.92 Å². The van der Waals surface area contributed by atoms with E-state index in [1.165, 1.54) is 25.7 Å². The zero-order chi connectivity index (χ0) is 10.4. The summed E-state index contributed by atoms with van der Waals surface area (Å²) < 4.78 is 0. The fourth-order valence-corrected chi connectivity index (χ4v) is 2.52. The molecule has 0 aromatic carbocycles. The molecule has 0 amide bonds. The highest BCUT2D eigenvalue weighted by Gasteiger charge is 2.21. The Labute approximate surface area is 88.1 Å². The van der Waals surface area contributed by atoms with E-state index < -0.39 is 0 Å². The van der Waals surface area contributed by atoms with Gasteiger partial charge in [0.05, 0.1) is 0 Å². The lowest BCUT2D eigenvalue weighted by Crippen LogP contribution is -2.38. The molecular formula is C12H25NO. The predicted octanol–water partition coefficient (Wildman–Crippen LogP) is 2.32. The maximum Gasteiger partial charge on any atom is 0.0431 e. The highest BCUT2D eigenvalue weighted by atomic mass is 16.2. The van der Waals surface area contributed by atoms with Gasteiger partial charge in [0.25, 0.3) is 0 Å². The normalized spacial score (nSPS) is 22.5. The summed E-state index contributed by atoms with van der Waals surface area (Å²) in [6.07, 6.45) is 7.66. The highest BCUT2D eigenvalue weighted by molar-refractivity contribution is 4.79. The van der Waals surface area contributed by atoms with Crippen LogP contribution in [0.1, 0.15) is 52.4 Å². The summed E-state index contributed by atoms with van der Waals surface area (Å²) in [5, 5.41) is 12.4. The first-order chi connectivity index (χ1) is 6.74. The minimum atomic E-state index is 0.323. The summed E-state index contributed by atoms with van der Waals surface area (Å²) in [6, 6.07) is 1.21. The fraction of sp³-hybridized carbons (Fsp3) is 1.00. The first kappa shape index (κ1) is 12.0. The first-order valence-corrected chi connectivity index (χ1v) is 6.11. The zero-order valence-corrected chi connectivity index (χ0v) is 9.63. The zero-order valence-electron chi connectivity index (χ0n) is 9.63. The van der Waals surface area contributed by atoms with Gasteiger partial charge in [-0.1, -0.05) is 12.8 Å². The van der Waals surface area contributed by atoms with Gasteiger partial charge in [0.1, 0.15) is 0 Å². The summed E-state index contributed by atoms with van der Waals surface area (Å²) in [6.45, 7) is 4.86. The molecule has 0 spiro atoms. The van der Waals surface area contributed by atoms with Crippen molar-refractivity contribution in [2.24, 2.45) is 5.92 Å². The lowest BCUT2D eigenvalue weighted by Gasteiger charge is -2.24. The molecule has 2 heteroatoms. The number of nitrogens with one attached hydrogen (secondary N) is 1. The summed E-state index contributed by atoms with van der Waals surface area (Å²) >= 11 is 0. The Morgan fingerprint density at radius 2 is 1.93 bits per heavy atom. The van der Waals surface area contributed by atoms with E-state index in [0.29, 0.717) is 18.7 Å².